The van der Waals surface area contributed by atoms with Crippen molar-refractivity contribution >= 4 is 6.16 Å². The number of ether oxygens (including phenoxy) is 6. The van der Waals surface area contributed by atoms with E-state index < -0.39 is 18.1 Å². The fourth-order valence-corrected chi connectivity index (χ4v) is 1.11. The van der Waals surface area contributed by atoms with Crippen molar-refractivity contribution in [3.63, 3.8) is 0 Å². The smallest absolute Gasteiger partial charge is 0.376 e. The van der Waals surface area contributed by atoms with Crippen LogP contribution in [0.2, 0.25) is 0 Å². The Balaban J connectivity index is 4.48. The minimum absolute atomic E-state index is 0.310. The fourth-order valence-electron chi connectivity index (χ4n) is 1.11. The van der Waals surface area contributed by atoms with Crippen LogP contribution in [0.5, 0.6) is 0 Å². The van der Waals surface area contributed by atoms with Crippen LogP contribution in [0.1, 0.15) is 27.7 Å². The van der Waals surface area contributed by atoms with Crippen LogP contribution in [-0.4, -0.2) is 45.5 Å². The maximum absolute atomic E-state index is 11.6. The first kappa shape index (κ1) is 17.1. The van der Waals surface area contributed by atoms with Crippen LogP contribution in [0.15, 0.2) is 0 Å². The molecule has 18 heavy (non-hydrogen) atoms. The summed E-state index contributed by atoms with van der Waals surface area (Å²) in [6, 6.07) is 0. The van der Waals surface area contributed by atoms with E-state index in [4.69, 9.17) is 28.4 Å². The normalized spacial score (nSPS) is 17.7. The molecule has 0 amide bonds. The molecule has 0 saturated carbocycles. The van der Waals surface area contributed by atoms with Gasteiger partial charge in [-0.15, -0.1) is 0 Å². The monoisotopic (exact) mass is 266 g/mol. The molecule has 0 aromatic heterocycles. The molecule has 7 nitrogen and oxygen atoms in total. The van der Waals surface area contributed by atoms with Gasteiger partial charge in [-0.2, -0.15) is 0 Å². The van der Waals surface area contributed by atoms with Crippen LogP contribution in [-0.2, 0) is 28.4 Å². The summed E-state index contributed by atoms with van der Waals surface area (Å²) in [6.45, 7) is 7.00. The molecule has 0 N–H and O–H groups in total. The van der Waals surface area contributed by atoms with Gasteiger partial charge in [-0.3, -0.25) is 0 Å². The van der Waals surface area contributed by atoms with E-state index in [1.54, 1.807) is 13.8 Å². The first-order chi connectivity index (χ1) is 8.34. The zero-order chi connectivity index (χ0) is 14.2. The topological polar surface area (TPSA) is 72.5 Å². The average Bonchev–Trinajstić information content (AvgIpc) is 2.29. The lowest BCUT2D eigenvalue weighted by Crippen LogP contribution is -2.42. The molecule has 0 aromatic rings. The van der Waals surface area contributed by atoms with Gasteiger partial charge in [0.15, 0.2) is 0 Å². The van der Waals surface area contributed by atoms with Crippen molar-refractivity contribution in [1.82, 2.24) is 0 Å². The van der Waals surface area contributed by atoms with Crippen molar-refractivity contribution in [3.05, 3.63) is 0 Å². The Labute approximate surface area is 107 Å². The van der Waals surface area contributed by atoms with Gasteiger partial charge in [0.25, 0.3) is 0 Å². The molecular weight excluding hydrogens is 244 g/mol. The number of rotatable bonds is 8. The summed E-state index contributed by atoms with van der Waals surface area (Å²) in [6.07, 6.45) is -1.02. The van der Waals surface area contributed by atoms with Crippen molar-refractivity contribution in [1.29, 1.82) is 0 Å². The van der Waals surface area contributed by atoms with Gasteiger partial charge in [-0.1, -0.05) is 0 Å². The lowest BCUT2D eigenvalue weighted by Gasteiger charge is -2.30. The third-order valence-corrected chi connectivity index (χ3v) is 2.09. The summed E-state index contributed by atoms with van der Waals surface area (Å²) < 4.78 is 29.9. The largest absolute Gasteiger partial charge is 0.516 e. The molecule has 0 spiro atoms. The molecule has 0 aliphatic carbocycles. The Hall–Kier alpha value is -0.890. The summed E-state index contributed by atoms with van der Waals surface area (Å²) in [7, 11) is 2.70. The summed E-state index contributed by atoms with van der Waals surface area (Å²) in [4.78, 5) is 11.6. The maximum Gasteiger partial charge on any atom is 0.516 e. The second kappa shape index (κ2) is 7.52. The van der Waals surface area contributed by atoms with Crippen molar-refractivity contribution < 1.29 is 33.2 Å². The predicted octanol–water partition coefficient (Wildman–Crippen LogP) is 1.85. The van der Waals surface area contributed by atoms with Crippen LogP contribution in [0.25, 0.3) is 0 Å². The molecule has 0 aromatic carbocycles. The van der Waals surface area contributed by atoms with E-state index in [0.29, 0.717) is 13.2 Å². The lowest BCUT2D eigenvalue weighted by molar-refractivity contribution is -0.371. The van der Waals surface area contributed by atoms with E-state index in [0.717, 1.165) is 0 Å². The van der Waals surface area contributed by atoms with E-state index in [1.165, 1.54) is 28.1 Å². The zero-order valence-corrected chi connectivity index (χ0v) is 11.8. The standard InChI is InChI=1S/C11H22O7/c1-7-15-10(3,13-5)17-9(12)18-11(4,14-6)16-8-2/h7-8H2,1-6H3. The highest BCUT2D eigenvalue weighted by molar-refractivity contribution is 5.60. The summed E-state index contributed by atoms with van der Waals surface area (Å²) in [5.74, 6) is -3.01. The SMILES string of the molecule is CCOC(C)(OC)OC(=O)OC(C)(OC)OCC. The quantitative estimate of drug-likeness (QED) is 0.490. The number of carbonyl (C=O) groups is 1. The third-order valence-electron chi connectivity index (χ3n) is 2.09. The highest BCUT2D eigenvalue weighted by atomic mass is 17.0. The molecule has 0 aliphatic heterocycles. The molecular formula is C11H22O7. The Kier molecular flexibility index (Phi) is 7.15. The Morgan fingerprint density at radius 1 is 0.889 bits per heavy atom. The molecule has 0 rings (SSSR count). The molecule has 0 heterocycles. The highest BCUT2D eigenvalue weighted by Gasteiger charge is 2.36. The highest BCUT2D eigenvalue weighted by Crippen LogP contribution is 2.19. The van der Waals surface area contributed by atoms with Crippen LogP contribution in [0.3, 0.4) is 0 Å². The van der Waals surface area contributed by atoms with Gasteiger partial charge >= 0.3 is 18.1 Å². The predicted molar refractivity (Wildman–Crippen MR) is 61.6 cm³/mol. The van der Waals surface area contributed by atoms with Crippen molar-refractivity contribution in [2.45, 2.75) is 39.6 Å². The van der Waals surface area contributed by atoms with Gasteiger partial charge in [-0.25, -0.2) is 4.79 Å². The zero-order valence-electron chi connectivity index (χ0n) is 11.8. The van der Waals surface area contributed by atoms with E-state index in [-0.39, 0.29) is 0 Å². The molecule has 2 unspecified atom stereocenters. The van der Waals surface area contributed by atoms with Gasteiger partial charge in [-0.05, 0) is 13.8 Å². The molecule has 108 valence electrons. The molecule has 0 bridgehead atoms. The van der Waals surface area contributed by atoms with Crippen LogP contribution < -0.4 is 0 Å². The Morgan fingerprint density at radius 3 is 1.44 bits per heavy atom. The second-order valence-electron chi connectivity index (χ2n) is 3.45. The van der Waals surface area contributed by atoms with Crippen molar-refractivity contribution in [2.24, 2.45) is 0 Å². The minimum atomic E-state index is -1.51. The first-order valence-electron chi connectivity index (χ1n) is 5.65. The lowest BCUT2D eigenvalue weighted by atomic mass is 10.6. The number of hydrogen-bond donors (Lipinski definition) is 0. The maximum atomic E-state index is 11.6. The molecule has 0 fully saturated rings. The summed E-state index contributed by atoms with van der Waals surface area (Å²) >= 11 is 0. The van der Waals surface area contributed by atoms with Crippen LogP contribution in [0.4, 0.5) is 4.79 Å². The summed E-state index contributed by atoms with van der Waals surface area (Å²) in [5, 5.41) is 0. The van der Waals surface area contributed by atoms with E-state index >= 15 is 0 Å². The van der Waals surface area contributed by atoms with Gasteiger partial charge in [0.1, 0.15) is 0 Å². The third kappa shape index (κ3) is 5.63. The van der Waals surface area contributed by atoms with E-state index in [9.17, 15) is 4.79 Å². The summed E-state index contributed by atoms with van der Waals surface area (Å²) in [5.41, 5.74) is 0. The molecule has 7 heteroatoms. The first-order valence-corrected chi connectivity index (χ1v) is 5.65. The molecule has 0 aliphatic rings. The fraction of sp³-hybridized carbons (Fsp3) is 0.909. The Bertz CT molecular complexity index is 234. The second-order valence-corrected chi connectivity index (χ2v) is 3.45. The van der Waals surface area contributed by atoms with Gasteiger partial charge in [0.05, 0.1) is 13.2 Å². The van der Waals surface area contributed by atoms with Crippen molar-refractivity contribution in [3.8, 4) is 0 Å². The van der Waals surface area contributed by atoms with Crippen LogP contribution in [0, 0.1) is 0 Å². The van der Waals surface area contributed by atoms with Crippen molar-refractivity contribution in [2.75, 3.05) is 27.4 Å². The molecule has 0 radical (unpaired) electrons. The number of carbonyl (C=O) groups excluding carboxylic acids is 1. The van der Waals surface area contributed by atoms with E-state index in [2.05, 4.69) is 0 Å². The number of methoxy groups -OCH3 is 2. The molecule has 0 saturated heterocycles. The van der Waals surface area contributed by atoms with Gasteiger partial charge in [0.2, 0.25) is 0 Å². The van der Waals surface area contributed by atoms with Gasteiger partial charge < -0.3 is 28.4 Å². The molecule has 2 atom stereocenters. The minimum Gasteiger partial charge on any atom is -0.376 e. The Morgan fingerprint density at radius 2 is 1.22 bits per heavy atom. The van der Waals surface area contributed by atoms with E-state index in [1.807, 2.05) is 0 Å². The average molecular weight is 266 g/mol. The van der Waals surface area contributed by atoms with Crippen LogP contribution >= 0.6 is 0 Å². The van der Waals surface area contributed by atoms with Gasteiger partial charge in [0, 0.05) is 28.1 Å². The number of hydrogen-bond acceptors (Lipinski definition) is 7.